The first-order valence-electron chi connectivity index (χ1n) is 6.26. The molecule has 0 spiro atoms. The van der Waals surface area contributed by atoms with Crippen molar-refractivity contribution in [3.63, 3.8) is 0 Å². The third kappa shape index (κ3) is 2.29. The predicted molar refractivity (Wildman–Crippen MR) is 69.9 cm³/mol. The summed E-state index contributed by atoms with van der Waals surface area (Å²) >= 11 is 17.0. The number of ether oxygens (including phenoxy) is 1. The summed E-state index contributed by atoms with van der Waals surface area (Å²) in [6.45, 7) is 0. The fourth-order valence-electron chi connectivity index (χ4n) is 4.27. The van der Waals surface area contributed by atoms with Crippen molar-refractivity contribution in [2.75, 3.05) is 0 Å². The highest BCUT2D eigenvalue weighted by molar-refractivity contribution is 6.76. The van der Waals surface area contributed by atoms with Crippen LogP contribution in [0.3, 0.4) is 0 Å². The Morgan fingerprint density at radius 1 is 0.941 bits per heavy atom. The molecule has 0 radical (unpaired) electrons. The second kappa shape index (κ2) is 4.18. The van der Waals surface area contributed by atoms with E-state index in [4.69, 9.17) is 44.9 Å². The third-order valence-corrected chi connectivity index (χ3v) is 5.17. The van der Waals surface area contributed by atoms with E-state index in [2.05, 4.69) is 0 Å². The summed E-state index contributed by atoms with van der Waals surface area (Å²) in [4.78, 5) is 0. The van der Waals surface area contributed by atoms with Crippen LogP contribution in [-0.4, -0.2) is 15.8 Å². The number of halogens is 3. The van der Waals surface area contributed by atoms with E-state index in [1.54, 1.807) is 0 Å². The molecule has 0 heterocycles. The topological polar surface area (TPSA) is 33.1 Å². The van der Waals surface area contributed by atoms with E-state index < -0.39 is 3.79 Å². The van der Waals surface area contributed by atoms with Crippen LogP contribution in [0.25, 0.3) is 0 Å². The molecule has 17 heavy (non-hydrogen) atoms. The van der Waals surface area contributed by atoms with Gasteiger partial charge in [-0.05, 0) is 55.8 Å². The lowest BCUT2D eigenvalue weighted by Gasteiger charge is -2.53. The van der Waals surface area contributed by atoms with E-state index >= 15 is 0 Å². The lowest BCUT2D eigenvalue weighted by atomic mass is 9.55. The van der Waals surface area contributed by atoms with E-state index in [1.165, 1.54) is 32.1 Å². The van der Waals surface area contributed by atoms with Gasteiger partial charge in [0.2, 0.25) is 5.90 Å². The van der Waals surface area contributed by atoms with E-state index in [9.17, 15) is 0 Å². The number of alkyl halides is 3. The Morgan fingerprint density at radius 2 is 1.41 bits per heavy atom. The minimum absolute atomic E-state index is 0.117. The van der Waals surface area contributed by atoms with E-state index in [0.29, 0.717) is 11.8 Å². The van der Waals surface area contributed by atoms with Crippen molar-refractivity contribution in [1.82, 2.24) is 0 Å². The highest BCUT2D eigenvalue weighted by atomic mass is 35.6. The minimum atomic E-state index is -1.71. The first-order chi connectivity index (χ1) is 7.93. The Labute approximate surface area is 116 Å². The summed E-state index contributed by atoms with van der Waals surface area (Å²) in [7, 11) is 0. The van der Waals surface area contributed by atoms with Gasteiger partial charge in [-0.25, -0.2) is 0 Å². The average molecular weight is 297 g/mol. The Hall–Kier alpha value is 0.340. The van der Waals surface area contributed by atoms with Crippen molar-refractivity contribution >= 4 is 40.7 Å². The quantitative estimate of drug-likeness (QED) is 0.439. The molecule has 1 N–H and O–H groups in total. The summed E-state index contributed by atoms with van der Waals surface area (Å²) in [6.07, 6.45) is 6.48. The Morgan fingerprint density at radius 3 is 1.82 bits per heavy atom. The fraction of sp³-hybridized carbons (Fsp3) is 0.917. The van der Waals surface area contributed by atoms with Gasteiger partial charge in [-0.1, -0.05) is 34.8 Å². The summed E-state index contributed by atoms with van der Waals surface area (Å²) in [5, 5.41) is 7.70. The molecule has 0 amide bonds. The van der Waals surface area contributed by atoms with Crippen LogP contribution in [0.1, 0.15) is 32.1 Å². The lowest BCUT2D eigenvalue weighted by molar-refractivity contribution is -0.0857. The predicted octanol–water partition coefficient (Wildman–Crippen LogP) is 4.18. The molecular formula is C12H16Cl3NO. The zero-order valence-corrected chi connectivity index (χ0v) is 11.7. The van der Waals surface area contributed by atoms with Crippen molar-refractivity contribution in [2.24, 2.45) is 23.7 Å². The van der Waals surface area contributed by atoms with Crippen LogP contribution in [0.4, 0.5) is 0 Å². The van der Waals surface area contributed by atoms with Crippen LogP contribution in [-0.2, 0) is 4.74 Å². The number of rotatable bonds is 1. The van der Waals surface area contributed by atoms with Crippen molar-refractivity contribution in [3.05, 3.63) is 0 Å². The van der Waals surface area contributed by atoms with E-state index in [1.807, 2.05) is 0 Å². The lowest BCUT2D eigenvalue weighted by Crippen LogP contribution is -2.50. The number of nitrogens with one attached hydrogen (secondary N) is 1. The number of hydrogen-bond donors (Lipinski definition) is 1. The molecule has 4 aliphatic rings. The molecule has 0 aromatic carbocycles. The summed E-state index contributed by atoms with van der Waals surface area (Å²) in [5.74, 6) is 2.73. The van der Waals surface area contributed by atoms with Crippen LogP contribution in [0.2, 0.25) is 0 Å². The van der Waals surface area contributed by atoms with E-state index in [-0.39, 0.29) is 12.0 Å². The molecule has 96 valence electrons. The fourth-order valence-corrected chi connectivity index (χ4v) is 4.40. The van der Waals surface area contributed by atoms with Gasteiger partial charge in [-0.15, -0.1) is 0 Å². The van der Waals surface area contributed by atoms with Gasteiger partial charge < -0.3 is 4.74 Å². The van der Waals surface area contributed by atoms with Gasteiger partial charge in [-0.2, -0.15) is 0 Å². The van der Waals surface area contributed by atoms with Crippen LogP contribution in [0.5, 0.6) is 0 Å². The van der Waals surface area contributed by atoms with Crippen molar-refractivity contribution in [1.29, 1.82) is 5.41 Å². The standard InChI is InChI=1S/C12H16Cl3NO/c13-12(14,15)11(16)17-10-8-2-6-1-7(4-8)5-9(10)3-6/h6-10,16H,1-5H2. The zero-order chi connectivity index (χ0) is 12.2. The van der Waals surface area contributed by atoms with Crippen LogP contribution in [0, 0.1) is 29.1 Å². The maximum Gasteiger partial charge on any atom is 0.265 e. The van der Waals surface area contributed by atoms with Crippen LogP contribution >= 0.6 is 34.8 Å². The SMILES string of the molecule is N=C(OC1C2CC3CC(C2)CC1C3)C(Cl)(Cl)Cl. The monoisotopic (exact) mass is 295 g/mol. The molecule has 4 fully saturated rings. The molecule has 4 bridgehead atoms. The minimum Gasteiger partial charge on any atom is -0.474 e. The summed E-state index contributed by atoms with van der Waals surface area (Å²) < 4.78 is 3.97. The highest BCUT2D eigenvalue weighted by Gasteiger charge is 2.50. The first-order valence-corrected chi connectivity index (χ1v) is 7.39. The average Bonchev–Trinajstić information content (AvgIpc) is 2.20. The van der Waals surface area contributed by atoms with Crippen molar-refractivity contribution in [3.8, 4) is 0 Å². The second-order valence-corrected chi connectivity index (χ2v) is 8.12. The van der Waals surface area contributed by atoms with Gasteiger partial charge in [0.15, 0.2) is 0 Å². The normalized spacial score (nSPS) is 43.8. The molecule has 0 saturated heterocycles. The van der Waals surface area contributed by atoms with Crippen LogP contribution in [0.15, 0.2) is 0 Å². The molecule has 0 aromatic rings. The third-order valence-electron chi connectivity index (χ3n) is 4.65. The van der Waals surface area contributed by atoms with Crippen molar-refractivity contribution in [2.45, 2.75) is 42.0 Å². The molecule has 0 aliphatic heterocycles. The Bertz CT molecular complexity index is 311. The molecular weight excluding hydrogens is 280 g/mol. The van der Waals surface area contributed by atoms with E-state index in [0.717, 1.165) is 11.8 Å². The molecule has 2 nitrogen and oxygen atoms in total. The molecule has 4 aliphatic carbocycles. The smallest absolute Gasteiger partial charge is 0.265 e. The molecule has 0 atom stereocenters. The number of hydrogen-bond acceptors (Lipinski definition) is 2. The Kier molecular flexibility index (Phi) is 3.04. The highest BCUT2D eigenvalue weighted by Crippen LogP contribution is 2.55. The van der Waals surface area contributed by atoms with Crippen LogP contribution < -0.4 is 0 Å². The Balaban J connectivity index is 1.70. The molecule has 0 aromatic heterocycles. The summed E-state index contributed by atoms with van der Waals surface area (Å²) in [6, 6.07) is 0. The summed E-state index contributed by atoms with van der Waals surface area (Å²) in [5.41, 5.74) is 0. The second-order valence-electron chi connectivity index (χ2n) is 5.84. The zero-order valence-electron chi connectivity index (χ0n) is 9.46. The molecule has 5 heteroatoms. The first kappa shape index (κ1) is 12.4. The molecule has 4 rings (SSSR count). The maximum absolute atomic E-state index is 7.70. The largest absolute Gasteiger partial charge is 0.474 e. The van der Waals surface area contributed by atoms with Crippen molar-refractivity contribution < 1.29 is 4.74 Å². The van der Waals surface area contributed by atoms with Gasteiger partial charge >= 0.3 is 0 Å². The van der Waals surface area contributed by atoms with Gasteiger partial charge in [0.25, 0.3) is 3.79 Å². The van der Waals surface area contributed by atoms with Gasteiger partial charge in [-0.3, -0.25) is 5.41 Å². The van der Waals surface area contributed by atoms with Gasteiger partial charge in [0.05, 0.1) is 0 Å². The maximum atomic E-state index is 7.70. The molecule has 0 unspecified atom stereocenters. The van der Waals surface area contributed by atoms with Gasteiger partial charge in [0.1, 0.15) is 6.10 Å². The molecule has 4 saturated carbocycles. The van der Waals surface area contributed by atoms with Gasteiger partial charge in [0, 0.05) is 0 Å².